The van der Waals surface area contributed by atoms with E-state index in [1.165, 1.54) is 0 Å². The van der Waals surface area contributed by atoms with Gasteiger partial charge in [-0.05, 0) is 32.9 Å². The van der Waals surface area contributed by atoms with Crippen molar-refractivity contribution < 1.29 is 9.53 Å². The number of hydrogen-bond donors (Lipinski definition) is 2. The summed E-state index contributed by atoms with van der Waals surface area (Å²) in [6.45, 7) is 5.81. The Bertz CT molecular complexity index is 637. The number of nitrogens with one attached hydrogen (secondary N) is 1. The zero-order valence-corrected chi connectivity index (χ0v) is 12.6. The highest BCUT2D eigenvalue weighted by atomic mass is 16.5. The third-order valence-corrected chi connectivity index (χ3v) is 3.26. The minimum absolute atomic E-state index is 0.122. The van der Waals surface area contributed by atoms with Crippen molar-refractivity contribution >= 4 is 16.8 Å². The summed E-state index contributed by atoms with van der Waals surface area (Å²) in [4.78, 5) is 16.0. The summed E-state index contributed by atoms with van der Waals surface area (Å²) >= 11 is 0. The standard InChI is InChI=1S/C16H21N3O2/c1-11(2)19-16(3,15(17)20)10-21-13-8-4-6-12-7-5-9-18-14(12)13/h4-9,11,19H,10H2,1-3H3,(H2,17,20). The fourth-order valence-corrected chi connectivity index (χ4v) is 2.24. The molecule has 0 radical (unpaired) electrons. The van der Waals surface area contributed by atoms with Gasteiger partial charge in [0.15, 0.2) is 0 Å². The first-order valence-electron chi connectivity index (χ1n) is 6.96. The average Bonchev–Trinajstić information content (AvgIpc) is 2.44. The number of nitrogens with zero attached hydrogens (tertiary/aromatic N) is 1. The second-order valence-corrected chi connectivity index (χ2v) is 5.62. The van der Waals surface area contributed by atoms with E-state index >= 15 is 0 Å². The molecule has 0 aliphatic carbocycles. The van der Waals surface area contributed by atoms with Crippen molar-refractivity contribution in [3.05, 3.63) is 36.5 Å². The number of pyridine rings is 1. The van der Waals surface area contributed by atoms with E-state index in [9.17, 15) is 4.79 Å². The van der Waals surface area contributed by atoms with E-state index in [-0.39, 0.29) is 12.6 Å². The Morgan fingerprint density at radius 2 is 2.10 bits per heavy atom. The predicted molar refractivity (Wildman–Crippen MR) is 83.1 cm³/mol. The molecule has 3 N–H and O–H groups in total. The Kier molecular flexibility index (Phi) is 4.43. The van der Waals surface area contributed by atoms with Crippen molar-refractivity contribution in [2.75, 3.05) is 6.61 Å². The fraction of sp³-hybridized carbons (Fsp3) is 0.375. The number of carbonyl (C=O) groups excluding carboxylic acids is 1. The minimum atomic E-state index is -0.925. The van der Waals surface area contributed by atoms with Gasteiger partial charge in [-0.3, -0.25) is 15.1 Å². The first-order chi connectivity index (χ1) is 9.92. The van der Waals surface area contributed by atoms with E-state index in [2.05, 4.69) is 10.3 Å². The Hall–Kier alpha value is -2.14. The van der Waals surface area contributed by atoms with Gasteiger partial charge in [0.1, 0.15) is 23.4 Å². The van der Waals surface area contributed by atoms with Crippen LogP contribution in [0, 0.1) is 0 Å². The molecule has 1 heterocycles. The topological polar surface area (TPSA) is 77.2 Å². The number of carbonyl (C=O) groups is 1. The smallest absolute Gasteiger partial charge is 0.240 e. The maximum absolute atomic E-state index is 11.7. The molecule has 2 rings (SSSR count). The molecule has 0 aliphatic heterocycles. The highest BCUT2D eigenvalue weighted by Crippen LogP contribution is 2.23. The van der Waals surface area contributed by atoms with Gasteiger partial charge < -0.3 is 10.5 Å². The molecule has 5 nitrogen and oxygen atoms in total. The van der Waals surface area contributed by atoms with Crippen LogP contribution in [0.1, 0.15) is 20.8 Å². The number of ether oxygens (including phenoxy) is 1. The van der Waals surface area contributed by atoms with Crippen LogP contribution in [0.4, 0.5) is 0 Å². The third-order valence-electron chi connectivity index (χ3n) is 3.26. The molecule has 0 saturated heterocycles. The van der Waals surface area contributed by atoms with E-state index < -0.39 is 11.4 Å². The second kappa shape index (κ2) is 6.10. The van der Waals surface area contributed by atoms with Gasteiger partial charge in [-0.1, -0.05) is 18.2 Å². The van der Waals surface area contributed by atoms with E-state index in [4.69, 9.17) is 10.5 Å². The van der Waals surface area contributed by atoms with Gasteiger partial charge in [-0.25, -0.2) is 0 Å². The monoisotopic (exact) mass is 287 g/mol. The Labute approximate surface area is 124 Å². The van der Waals surface area contributed by atoms with Gasteiger partial charge in [-0.2, -0.15) is 0 Å². The van der Waals surface area contributed by atoms with Gasteiger partial charge >= 0.3 is 0 Å². The normalized spacial score (nSPS) is 14.1. The first-order valence-corrected chi connectivity index (χ1v) is 6.96. The van der Waals surface area contributed by atoms with Crippen molar-refractivity contribution in [3.8, 4) is 5.75 Å². The van der Waals surface area contributed by atoms with Crippen LogP contribution in [0.15, 0.2) is 36.5 Å². The highest BCUT2D eigenvalue weighted by Gasteiger charge is 2.32. The minimum Gasteiger partial charge on any atom is -0.489 e. The molecule has 1 amide bonds. The van der Waals surface area contributed by atoms with Crippen molar-refractivity contribution in [1.29, 1.82) is 0 Å². The summed E-state index contributed by atoms with van der Waals surface area (Å²) in [6, 6.07) is 9.67. The quantitative estimate of drug-likeness (QED) is 0.850. The maximum Gasteiger partial charge on any atom is 0.240 e. The van der Waals surface area contributed by atoms with Gasteiger partial charge in [0.25, 0.3) is 0 Å². The lowest BCUT2D eigenvalue weighted by molar-refractivity contribution is -0.125. The zero-order valence-electron chi connectivity index (χ0n) is 12.6. The number of hydrogen-bond acceptors (Lipinski definition) is 4. The molecule has 0 saturated carbocycles. The molecule has 2 aromatic rings. The van der Waals surface area contributed by atoms with Crippen molar-refractivity contribution in [2.24, 2.45) is 5.73 Å². The maximum atomic E-state index is 11.7. The first kappa shape index (κ1) is 15.3. The van der Waals surface area contributed by atoms with Crippen LogP contribution >= 0.6 is 0 Å². The number of para-hydroxylation sites is 1. The largest absolute Gasteiger partial charge is 0.489 e. The molecule has 0 spiro atoms. The van der Waals surface area contributed by atoms with Gasteiger partial charge in [0.2, 0.25) is 5.91 Å². The summed E-state index contributed by atoms with van der Waals surface area (Å²) in [5.41, 5.74) is 5.35. The molecular weight excluding hydrogens is 266 g/mol. The number of aromatic nitrogens is 1. The average molecular weight is 287 g/mol. The zero-order chi connectivity index (χ0) is 15.5. The summed E-state index contributed by atoms with van der Waals surface area (Å²) in [6.07, 6.45) is 1.72. The molecule has 1 aromatic carbocycles. The lowest BCUT2D eigenvalue weighted by Gasteiger charge is -2.29. The second-order valence-electron chi connectivity index (χ2n) is 5.62. The van der Waals surface area contributed by atoms with Crippen LogP contribution in [0.25, 0.3) is 10.9 Å². The Morgan fingerprint density at radius 1 is 1.38 bits per heavy atom. The molecule has 5 heteroatoms. The van der Waals surface area contributed by atoms with Crippen molar-refractivity contribution in [3.63, 3.8) is 0 Å². The van der Waals surface area contributed by atoms with Gasteiger partial charge in [0.05, 0.1) is 0 Å². The van der Waals surface area contributed by atoms with Crippen LogP contribution in [0.2, 0.25) is 0 Å². The van der Waals surface area contributed by atoms with E-state index in [1.54, 1.807) is 13.1 Å². The number of fused-ring (bicyclic) bond motifs is 1. The highest BCUT2D eigenvalue weighted by molar-refractivity contribution is 5.85. The molecule has 1 aromatic heterocycles. The number of benzene rings is 1. The SMILES string of the molecule is CC(C)NC(C)(COc1cccc2cccnc12)C(N)=O. The van der Waals surface area contributed by atoms with E-state index in [1.807, 2.05) is 44.2 Å². The van der Waals surface area contributed by atoms with Crippen molar-refractivity contribution in [1.82, 2.24) is 10.3 Å². The molecule has 112 valence electrons. The number of primary amides is 1. The summed E-state index contributed by atoms with van der Waals surface area (Å²) in [5, 5.41) is 4.15. The van der Waals surface area contributed by atoms with Crippen LogP contribution in [-0.2, 0) is 4.79 Å². The molecule has 1 atom stereocenters. The van der Waals surface area contributed by atoms with E-state index in [0.29, 0.717) is 5.75 Å². The van der Waals surface area contributed by atoms with Crippen LogP contribution in [0.3, 0.4) is 0 Å². The molecule has 0 fully saturated rings. The van der Waals surface area contributed by atoms with E-state index in [0.717, 1.165) is 10.9 Å². The Morgan fingerprint density at radius 3 is 2.76 bits per heavy atom. The number of rotatable bonds is 6. The predicted octanol–water partition coefficient (Wildman–Crippen LogP) is 1.86. The van der Waals surface area contributed by atoms with Crippen LogP contribution in [-0.4, -0.2) is 29.1 Å². The number of amides is 1. The molecule has 0 aliphatic rings. The summed E-state index contributed by atoms with van der Waals surface area (Å²) in [7, 11) is 0. The molecular formula is C16H21N3O2. The molecule has 21 heavy (non-hydrogen) atoms. The fourth-order valence-electron chi connectivity index (χ4n) is 2.24. The molecule has 0 bridgehead atoms. The lowest BCUT2D eigenvalue weighted by atomic mass is 10.0. The van der Waals surface area contributed by atoms with Crippen LogP contribution in [0.5, 0.6) is 5.75 Å². The summed E-state index contributed by atoms with van der Waals surface area (Å²) < 4.78 is 5.82. The summed E-state index contributed by atoms with van der Waals surface area (Å²) in [5.74, 6) is 0.204. The van der Waals surface area contributed by atoms with Crippen LogP contribution < -0.4 is 15.8 Å². The number of nitrogens with two attached hydrogens (primary N) is 1. The lowest BCUT2D eigenvalue weighted by Crippen LogP contribution is -2.59. The van der Waals surface area contributed by atoms with Gasteiger partial charge in [0, 0.05) is 17.6 Å². The van der Waals surface area contributed by atoms with Gasteiger partial charge in [-0.15, -0.1) is 0 Å². The Balaban J connectivity index is 2.22. The van der Waals surface area contributed by atoms with Crippen molar-refractivity contribution in [2.45, 2.75) is 32.4 Å². The molecule has 1 unspecified atom stereocenters. The third kappa shape index (κ3) is 3.49.